The van der Waals surface area contributed by atoms with Gasteiger partial charge in [0.25, 0.3) is 5.69 Å². The van der Waals surface area contributed by atoms with Crippen molar-refractivity contribution in [2.24, 2.45) is 0 Å². The maximum atomic E-state index is 11.6. The number of Topliss-reactive ketones (excluding diaryl/α,β-unsaturated/α-hetero) is 1. The van der Waals surface area contributed by atoms with Crippen LogP contribution in [0.2, 0.25) is 0 Å². The Bertz CT molecular complexity index is 529. The van der Waals surface area contributed by atoms with Gasteiger partial charge in [-0.05, 0) is 25.5 Å². The van der Waals surface area contributed by atoms with Crippen LogP contribution in [0.1, 0.15) is 34.6 Å². The lowest BCUT2D eigenvalue weighted by Gasteiger charge is -2.08. The van der Waals surface area contributed by atoms with Gasteiger partial charge in [0.2, 0.25) is 0 Å². The fraction of sp³-hybridized carbons (Fsp3) is 0.333. The van der Waals surface area contributed by atoms with Crippen molar-refractivity contribution in [3.63, 3.8) is 0 Å². The maximum absolute atomic E-state index is 11.6. The molecule has 0 saturated carbocycles. The van der Waals surface area contributed by atoms with E-state index in [0.717, 1.165) is 6.07 Å². The molecule has 1 unspecified atom stereocenters. The SMILES string of the molecule is CCOC(=O)c1cc(C(Br)C(C)=O)cc([N+](=O)[O-])c1. The normalized spacial score (nSPS) is 11.7. The molecular weight excluding hydrogens is 318 g/mol. The third-order valence-corrected chi connectivity index (χ3v) is 3.49. The first kappa shape index (κ1) is 15.3. The summed E-state index contributed by atoms with van der Waals surface area (Å²) < 4.78 is 4.80. The third-order valence-electron chi connectivity index (χ3n) is 2.31. The second-order valence-corrected chi connectivity index (χ2v) is 4.68. The first-order valence-corrected chi connectivity index (χ1v) is 6.39. The fourth-order valence-electron chi connectivity index (χ4n) is 1.45. The number of nitro benzene ring substituents is 1. The lowest BCUT2D eigenvalue weighted by atomic mass is 10.0. The number of carbonyl (C=O) groups excluding carboxylic acids is 2. The Balaban J connectivity index is 3.29. The van der Waals surface area contributed by atoms with E-state index in [2.05, 4.69) is 15.9 Å². The smallest absolute Gasteiger partial charge is 0.338 e. The van der Waals surface area contributed by atoms with Crippen molar-refractivity contribution in [2.45, 2.75) is 18.7 Å². The Morgan fingerprint density at radius 3 is 2.53 bits per heavy atom. The molecule has 0 saturated heterocycles. The maximum Gasteiger partial charge on any atom is 0.338 e. The van der Waals surface area contributed by atoms with Crippen LogP contribution in [-0.2, 0) is 9.53 Å². The van der Waals surface area contributed by atoms with Crippen molar-refractivity contribution in [3.8, 4) is 0 Å². The number of rotatable bonds is 5. The van der Waals surface area contributed by atoms with Gasteiger partial charge in [-0.15, -0.1) is 0 Å². The average Bonchev–Trinajstić information content (AvgIpc) is 2.37. The van der Waals surface area contributed by atoms with Gasteiger partial charge in [0, 0.05) is 12.1 Å². The van der Waals surface area contributed by atoms with Gasteiger partial charge in [0.15, 0.2) is 0 Å². The molecule has 0 amide bonds. The van der Waals surface area contributed by atoms with E-state index >= 15 is 0 Å². The van der Waals surface area contributed by atoms with Crippen LogP contribution in [0.15, 0.2) is 18.2 Å². The summed E-state index contributed by atoms with van der Waals surface area (Å²) in [7, 11) is 0. The zero-order valence-corrected chi connectivity index (χ0v) is 12.0. The average molecular weight is 330 g/mol. The van der Waals surface area contributed by atoms with Gasteiger partial charge in [-0.2, -0.15) is 0 Å². The molecule has 0 N–H and O–H groups in total. The number of nitrogens with zero attached hydrogens (tertiary/aromatic N) is 1. The molecule has 0 aliphatic carbocycles. The van der Waals surface area contributed by atoms with Crippen LogP contribution in [0.5, 0.6) is 0 Å². The quantitative estimate of drug-likeness (QED) is 0.359. The Morgan fingerprint density at radius 2 is 2.05 bits per heavy atom. The molecule has 1 aromatic carbocycles. The minimum Gasteiger partial charge on any atom is -0.462 e. The molecule has 0 aromatic heterocycles. The van der Waals surface area contributed by atoms with E-state index in [0.29, 0.717) is 5.56 Å². The van der Waals surface area contributed by atoms with Crippen molar-refractivity contribution in [1.82, 2.24) is 0 Å². The summed E-state index contributed by atoms with van der Waals surface area (Å²) in [6, 6.07) is 3.79. The second-order valence-electron chi connectivity index (χ2n) is 3.76. The molecule has 0 fully saturated rings. The van der Waals surface area contributed by atoms with Crippen LogP contribution in [0.4, 0.5) is 5.69 Å². The number of non-ortho nitro benzene ring substituents is 1. The van der Waals surface area contributed by atoms with Crippen molar-refractivity contribution >= 4 is 33.4 Å². The predicted octanol–water partition coefficient (Wildman–Crippen LogP) is 2.80. The summed E-state index contributed by atoms with van der Waals surface area (Å²) in [6.07, 6.45) is 0. The Labute approximate surface area is 118 Å². The van der Waals surface area contributed by atoms with E-state index < -0.39 is 15.7 Å². The number of benzene rings is 1. The summed E-state index contributed by atoms with van der Waals surface area (Å²) in [5.74, 6) is -0.869. The molecule has 0 aliphatic heterocycles. The zero-order valence-electron chi connectivity index (χ0n) is 10.4. The molecule has 0 bridgehead atoms. The molecule has 19 heavy (non-hydrogen) atoms. The molecule has 0 radical (unpaired) electrons. The molecule has 0 spiro atoms. The number of nitro groups is 1. The van der Waals surface area contributed by atoms with Crippen LogP contribution in [0.3, 0.4) is 0 Å². The van der Waals surface area contributed by atoms with Crippen LogP contribution >= 0.6 is 15.9 Å². The fourth-order valence-corrected chi connectivity index (χ4v) is 1.72. The van der Waals surface area contributed by atoms with E-state index in [1.54, 1.807) is 6.92 Å². The predicted molar refractivity (Wildman–Crippen MR) is 71.4 cm³/mol. The molecule has 1 rings (SSSR count). The van der Waals surface area contributed by atoms with Gasteiger partial charge < -0.3 is 4.74 Å². The largest absolute Gasteiger partial charge is 0.462 e. The molecule has 102 valence electrons. The van der Waals surface area contributed by atoms with Gasteiger partial charge in [-0.3, -0.25) is 14.9 Å². The van der Waals surface area contributed by atoms with Crippen LogP contribution in [0, 0.1) is 10.1 Å². The molecule has 6 nitrogen and oxygen atoms in total. The highest BCUT2D eigenvalue weighted by Crippen LogP contribution is 2.28. The van der Waals surface area contributed by atoms with Crippen LogP contribution in [0.25, 0.3) is 0 Å². The number of esters is 1. The van der Waals surface area contributed by atoms with Crippen molar-refractivity contribution in [3.05, 3.63) is 39.4 Å². The molecule has 0 aliphatic rings. The third kappa shape index (κ3) is 3.85. The van der Waals surface area contributed by atoms with Crippen molar-refractivity contribution in [1.29, 1.82) is 0 Å². The van der Waals surface area contributed by atoms with E-state index in [1.165, 1.54) is 19.1 Å². The second kappa shape index (κ2) is 6.42. The number of carbonyl (C=O) groups is 2. The zero-order chi connectivity index (χ0) is 14.6. The molecule has 7 heteroatoms. The van der Waals surface area contributed by atoms with E-state index in [9.17, 15) is 19.7 Å². The number of ether oxygens (including phenoxy) is 1. The van der Waals surface area contributed by atoms with E-state index in [-0.39, 0.29) is 23.6 Å². The Hall–Kier alpha value is -1.76. The number of alkyl halides is 1. The van der Waals surface area contributed by atoms with Crippen molar-refractivity contribution in [2.75, 3.05) is 6.61 Å². The topological polar surface area (TPSA) is 86.5 Å². The summed E-state index contributed by atoms with van der Waals surface area (Å²) in [5, 5.41) is 10.8. The van der Waals surface area contributed by atoms with Crippen LogP contribution in [-0.4, -0.2) is 23.3 Å². The molecule has 1 atom stereocenters. The summed E-state index contributed by atoms with van der Waals surface area (Å²) in [6.45, 7) is 3.16. The highest BCUT2D eigenvalue weighted by Gasteiger charge is 2.20. The van der Waals surface area contributed by atoms with Gasteiger partial charge in [-0.1, -0.05) is 15.9 Å². The van der Waals surface area contributed by atoms with Crippen LogP contribution < -0.4 is 0 Å². The number of hydrogen-bond acceptors (Lipinski definition) is 5. The number of hydrogen-bond donors (Lipinski definition) is 0. The standard InChI is InChI=1S/C12H12BrNO5/c1-3-19-12(16)9-4-8(11(13)7(2)15)5-10(6-9)14(17)18/h4-6,11H,3H2,1-2H3. The Morgan fingerprint density at radius 1 is 1.42 bits per heavy atom. The van der Waals surface area contributed by atoms with Gasteiger partial charge >= 0.3 is 5.97 Å². The first-order chi connectivity index (χ1) is 8.86. The highest BCUT2D eigenvalue weighted by molar-refractivity contribution is 9.09. The van der Waals surface area contributed by atoms with E-state index in [4.69, 9.17) is 4.74 Å². The van der Waals surface area contributed by atoms with E-state index in [1.807, 2.05) is 0 Å². The lowest BCUT2D eigenvalue weighted by molar-refractivity contribution is -0.384. The highest BCUT2D eigenvalue weighted by atomic mass is 79.9. The summed E-state index contributed by atoms with van der Waals surface area (Å²) in [5.41, 5.74) is 0.146. The lowest BCUT2D eigenvalue weighted by Crippen LogP contribution is -2.08. The minimum absolute atomic E-state index is 0.0525. The monoisotopic (exact) mass is 329 g/mol. The summed E-state index contributed by atoms with van der Waals surface area (Å²) in [4.78, 5) is 32.4. The molecule has 0 heterocycles. The molecule has 1 aromatic rings. The van der Waals surface area contributed by atoms with Gasteiger partial charge in [-0.25, -0.2) is 4.79 Å². The Kier molecular flexibility index (Phi) is 5.17. The number of halogens is 1. The summed E-state index contributed by atoms with van der Waals surface area (Å²) >= 11 is 3.13. The van der Waals surface area contributed by atoms with Gasteiger partial charge in [0.05, 0.1) is 21.9 Å². The van der Waals surface area contributed by atoms with Gasteiger partial charge in [0.1, 0.15) is 5.78 Å². The minimum atomic E-state index is -0.694. The number of ketones is 1. The first-order valence-electron chi connectivity index (χ1n) is 5.47. The molecular formula is C12H12BrNO5. The van der Waals surface area contributed by atoms with Crippen molar-refractivity contribution < 1.29 is 19.2 Å².